The number of ether oxygens (including phenoxy) is 1. The predicted octanol–water partition coefficient (Wildman–Crippen LogP) is 4.28. The number of hydrogen-bond donors (Lipinski definition) is 2. The molecule has 0 saturated carbocycles. The van der Waals surface area contributed by atoms with Crippen molar-refractivity contribution in [3.63, 3.8) is 0 Å². The highest BCUT2D eigenvalue weighted by Crippen LogP contribution is 2.26. The van der Waals surface area contributed by atoms with Crippen LogP contribution in [-0.4, -0.2) is 42.3 Å². The largest absolute Gasteiger partial charge is 0.497 e. The number of aromatic nitrogens is 2. The van der Waals surface area contributed by atoms with E-state index in [1.807, 2.05) is 30.3 Å². The number of halogens is 2. The number of benzene rings is 2. The molecule has 0 bridgehead atoms. The van der Waals surface area contributed by atoms with Crippen LogP contribution in [0.2, 0.25) is 5.02 Å². The summed E-state index contributed by atoms with van der Waals surface area (Å²) in [6, 6.07) is 13.5. The summed E-state index contributed by atoms with van der Waals surface area (Å²) in [5.74, 6) is 0.764. The maximum atomic E-state index is 13.5. The van der Waals surface area contributed by atoms with Crippen molar-refractivity contribution >= 4 is 23.3 Å². The van der Waals surface area contributed by atoms with E-state index < -0.39 is 5.82 Å². The third kappa shape index (κ3) is 4.41. The molecule has 0 radical (unpaired) electrons. The summed E-state index contributed by atoms with van der Waals surface area (Å²) in [4.78, 5) is 14.7. The van der Waals surface area contributed by atoms with E-state index in [4.69, 9.17) is 16.3 Å². The molecule has 2 aromatic carbocycles. The topological polar surface area (TPSA) is 70.2 Å². The van der Waals surface area contributed by atoms with Crippen molar-refractivity contribution in [1.82, 2.24) is 15.5 Å². The number of piperidine rings is 1. The monoisotopic (exact) mass is 428 g/mol. The van der Waals surface area contributed by atoms with E-state index >= 15 is 0 Å². The van der Waals surface area contributed by atoms with Gasteiger partial charge in [-0.15, -0.1) is 0 Å². The summed E-state index contributed by atoms with van der Waals surface area (Å²) < 4.78 is 18.7. The molecule has 2 heterocycles. The number of nitrogens with zero attached hydrogens (tertiary/aromatic N) is 2. The number of rotatable bonds is 5. The van der Waals surface area contributed by atoms with Gasteiger partial charge in [-0.05, 0) is 60.9 Å². The van der Waals surface area contributed by atoms with Gasteiger partial charge in [0, 0.05) is 25.2 Å². The second-order valence-corrected chi connectivity index (χ2v) is 7.66. The molecular formula is C22H22ClFN4O2. The normalized spacial score (nSPS) is 16.4. The molecule has 2 N–H and O–H groups in total. The number of carbonyl (C=O) groups excluding carboxylic acids is 1. The van der Waals surface area contributed by atoms with Crippen molar-refractivity contribution < 1.29 is 13.9 Å². The summed E-state index contributed by atoms with van der Waals surface area (Å²) in [7, 11) is 1.64. The zero-order valence-electron chi connectivity index (χ0n) is 16.5. The molecule has 1 saturated heterocycles. The summed E-state index contributed by atoms with van der Waals surface area (Å²) in [6.07, 6.45) is 1.75. The van der Waals surface area contributed by atoms with Crippen LogP contribution >= 0.6 is 11.6 Å². The molecule has 0 aliphatic carbocycles. The molecule has 1 atom stereocenters. The van der Waals surface area contributed by atoms with Gasteiger partial charge in [0.05, 0.1) is 23.4 Å². The van der Waals surface area contributed by atoms with E-state index in [9.17, 15) is 9.18 Å². The molecule has 4 rings (SSSR count). The number of methoxy groups -OCH3 is 1. The van der Waals surface area contributed by atoms with Crippen LogP contribution in [0.3, 0.4) is 0 Å². The number of aromatic amines is 1. The fraction of sp³-hybridized carbons (Fsp3) is 0.273. The lowest BCUT2D eigenvalue weighted by atomic mass is 10.0. The maximum absolute atomic E-state index is 13.5. The Morgan fingerprint density at radius 3 is 2.83 bits per heavy atom. The van der Waals surface area contributed by atoms with Gasteiger partial charge in [-0.3, -0.25) is 9.89 Å². The highest BCUT2D eigenvalue weighted by atomic mass is 35.5. The second-order valence-electron chi connectivity index (χ2n) is 7.25. The molecule has 30 heavy (non-hydrogen) atoms. The molecule has 1 aliphatic heterocycles. The Hall–Kier alpha value is -3.06. The van der Waals surface area contributed by atoms with Crippen LogP contribution in [0.5, 0.6) is 5.75 Å². The quantitative estimate of drug-likeness (QED) is 0.636. The average molecular weight is 429 g/mol. The van der Waals surface area contributed by atoms with Crippen molar-refractivity contribution in [1.29, 1.82) is 0 Å². The fourth-order valence-electron chi connectivity index (χ4n) is 3.63. The van der Waals surface area contributed by atoms with Crippen molar-refractivity contribution in [2.24, 2.45) is 0 Å². The Morgan fingerprint density at radius 2 is 2.07 bits per heavy atom. The van der Waals surface area contributed by atoms with Crippen molar-refractivity contribution in [2.45, 2.75) is 18.9 Å². The van der Waals surface area contributed by atoms with E-state index in [0.29, 0.717) is 6.54 Å². The highest BCUT2D eigenvalue weighted by molar-refractivity contribution is 6.33. The van der Waals surface area contributed by atoms with Gasteiger partial charge in [0.1, 0.15) is 11.6 Å². The Labute approximate surface area is 179 Å². The Balaban J connectivity index is 1.43. The zero-order valence-corrected chi connectivity index (χ0v) is 17.2. The number of H-pyrrole nitrogens is 1. The minimum Gasteiger partial charge on any atom is -0.497 e. The van der Waals surface area contributed by atoms with Crippen molar-refractivity contribution in [3.8, 4) is 17.0 Å². The summed E-state index contributed by atoms with van der Waals surface area (Å²) in [5, 5.41) is 10.7. The lowest BCUT2D eigenvalue weighted by Gasteiger charge is -2.33. The number of nitrogens with one attached hydrogen (secondary N) is 2. The van der Waals surface area contributed by atoms with Gasteiger partial charge in [-0.1, -0.05) is 11.6 Å². The molecule has 1 fully saturated rings. The number of anilines is 1. The first-order valence-corrected chi connectivity index (χ1v) is 10.1. The molecule has 0 spiro atoms. The third-order valence-corrected chi connectivity index (χ3v) is 5.55. The van der Waals surface area contributed by atoms with Crippen molar-refractivity contribution in [2.75, 3.05) is 25.1 Å². The van der Waals surface area contributed by atoms with Crippen LogP contribution in [-0.2, 0) is 0 Å². The van der Waals surface area contributed by atoms with Gasteiger partial charge < -0.3 is 15.0 Å². The maximum Gasteiger partial charge on any atom is 0.253 e. The van der Waals surface area contributed by atoms with E-state index in [0.717, 1.165) is 48.3 Å². The SMILES string of the molecule is COc1ccc(-c2cc(N3CCC[C@H](NC(=O)c4cc(F)ccc4Cl)C3)n[nH]2)cc1. The Bertz CT molecular complexity index is 1040. The van der Waals surface area contributed by atoms with Gasteiger partial charge in [-0.2, -0.15) is 5.10 Å². The molecule has 1 aliphatic rings. The Morgan fingerprint density at radius 1 is 1.27 bits per heavy atom. The van der Waals surface area contributed by atoms with Crippen LogP contribution in [0.4, 0.5) is 10.2 Å². The smallest absolute Gasteiger partial charge is 0.253 e. The van der Waals surface area contributed by atoms with Gasteiger partial charge >= 0.3 is 0 Å². The minimum atomic E-state index is -0.489. The van der Waals surface area contributed by atoms with Crippen LogP contribution in [0.15, 0.2) is 48.5 Å². The van der Waals surface area contributed by atoms with Crippen LogP contribution in [0.1, 0.15) is 23.2 Å². The minimum absolute atomic E-state index is 0.0771. The van der Waals surface area contributed by atoms with Gasteiger partial charge in [0.15, 0.2) is 5.82 Å². The van der Waals surface area contributed by atoms with E-state index in [1.165, 1.54) is 12.1 Å². The van der Waals surface area contributed by atoms with Crippen LogP contribution in [0, 0.1) is 5.82 Å². The molecular weight excluding hydrogens is 407 g/mol. The summed E-state index contributed by atoms with van der Waals surface area (Å²) in [6.45, 7) is 1.46. The van der Waals surface area contributed by atoms with E-state index in [-0.39, 0.29) is 22.5 Å². The highest BCUT2D eigenvalue weighted by Gasteiger charge is 2.24. The molecule has 6 nitrogen and oxygen atoms in total. The van der Waals surface area contributed by atoms with Crippen LogP contribution < -0.4 is 15.0 Å². The molecule has 0 unspecified atom stereocenters. The summed E-state index contributed by atoms with van der Waals surface area (Å²) in [5.41, 5.74) is 2.07. The molecule has 8 heteroatoms. The summed E-state index contributed by atoms with van der Waals surface area (Å²) >= 11 is 6.05. The van der Waals surface area contributed by atoms with Crippen LogP contribution in [0.25, 0.3) is 11.3 Å². The number of carbonyl (C=O) groups is 1. The van der Waals surface area contributed by atoms with Crippen molar-refractivity contribution in [3.05, 3.63) is 64.9 Å². The van der Waals surface area contributed by atoms with E-state index in [1.54, 1.807) is 7.11 Å². The third-order valence-electron chi connectivity index (χ3n) is 5.22. The molecule has 1 amide bonds. The molecule has 156 valence electrons. The lowest BCUT2D eigenvalue weighted by Crippen LogP contribution is -2.48. The zero-order chi connectivity index (χ0) is 21.1. The predicted molar refractivity (Wildman–Crippen MR) is 115 cm³/mol. The first kappa shape index (κ1) is 20.2. The number of amides is 1. The van der Waals surface area contributed by atoms with Gasteiger partial charge in [-0.25, -0.2) is 4.39 Å². The second kappa shape index (κ2) is 8.75. The standard InChI is InChI=1S/C22H22ClFN4O2/c1-30-17-7-4-14(5-8-17)20-12-21(27-26-20)28-10-2-3-16(13-28)25-22(29)18-11-15(24)6-9-19(18)23/h4-9,11-12,16H,2-3,10,13H2,1H3,(H,25,29)(H,26,27)/t16-/m0/s1. The molecule has 1 aromatic heterocycles. The first-order chi connectivity index (χ1) is 14.5. The van der Waals surface area contributed by atoms with E-state index in [2.05, 4.69) is 20.4 Å². The number of hydrogen-bond acceptors (Lipinski definition) is 4. The van der Waals surface area contributed by atoms with Gasteiger partial charge in [0.25, 0.3) is 5.91 Å². The average Bonchev–Trinajstić information content (AvgIpc) is 3.26. The fourth-order valence-corrected chi connectivity index (χ4v) is 3.83. The van der Waals surface area contributed by atoms with Gasteiger partial charge in [0.2, 0.25) is 0 Å². The molecule has 3 aromatic rings. The Kier molecular flexibility index (Phi) is 5.90. The lowest BCUT2D eigenvalue weighted by molar-refractivity contribution is 0.0933. The first-order valence-electron chi connectivity index (χ1n) is 9.74.